The van der Waals surface area contributed by atoms with Crippen molar-refractivity contribution in [2.75, 3.05) is 19.6 Å². The largest absolute Gasteiger partial charge is 0.461 e. The maximum Gasteiger partial charge on any atom is 0.156 e. The molecular formula is C13H15BrN4O. The van der Waals surface area contributed by atoms with Crippen LogP contribution in [-0.4, -0.2) is 39.5 Å². The van der Waals surface area contributed by atoms with E-state index in [2.05, 4.69) is 31.1 Å². The normalized spacial score (nSPS) is 29.8. The third kappa shape index (κ3) is 2.03. The molecule has 1 atom stereocenters. The Balaban J connectivity index is 1.61. The van der Waals surface area contributed by atoms with Gasteiger partial charge < -0.3 is 9.32 Å². The lowest BCUT2D eigenvalue weighted by molar-refractivity contribution is 0.0504. The van der Waals surface area contributed by atoms with Gasteiger partial charge in [-0.25, -0.2) is 4.68 Å². The van der Waals surface area contributed by atoms with Crippen LogP contribution >= 0.6 is 15.9 Å². The van der Waals surface area contributed by atoms with Crippen molar-refractivity contribution in [3.63, 3.8) is 0 Å². The summed E-state index contributed by atoms with van der Waals surface area (Å²) < 4.78 is 8.40. The van der Waals surface area contributed by atoms with Gasteiger partial charge in [0.25, 0.3) is 0 Å². The van der Waals surface area contributed by atoms with E-state index in [4.69, 9.17) is 4.42 Å². The van der Waals surface area contributed by atoms with Gasteiger partial charge in [0.2, 0.25) is 0 Å². The first-order chi connectivity index (χ1) is 9.29. The first-order valence-electron chi connectivity index (χ1n) is 6.68. The second-order valence-electron chi connectivity index (χ2n) is 5.42. The first kappa shape index (κ1) is 11.7. The van der Waals surface area contributed by atoms with Gasteiger partial charge in [-0.2, -0.15) is 0 Å². The summed E-state index contributed by atoms with van der Waals surface area (Å²) in [6.45, 7) is 3.59. The summed E-state index contributed by atoms with van der Waals surface area (Å²) in [5, 5.41) is 8.55. The average molecular weight is 323 g/mol. The zero-order valence-corrected chi connectivity index (χ0v) is 12.1. The number of aromatic nitrogens is 3. The van der Waals surface area contributed by atoms with Gasteiger partial charge in [-0.05, 0) is 47.8 Å². The molecule has 5 rings (SSSR count). The third-order valence-electron chi connectivity index (χ3n) is 4.29. The topological polar surface area (TPSA) is 47.1 Å². The Morgan fingerprint density at radius 2 is 2.16 bits per heavy atom. The minimum Gasteiger partial charge on any atom is -0.461 e. The third-order valence-corrected chi connectivity index (χ3v) is 4.71. The van der Waals surface area contributed by atoms with Gasteiger partial charge in [-0.3, -0.25) is 0 Å². The van der Waals surface area contributed by atoms with E-state index in [-0.39, 0.29) is 0 Å². The van der Waals surface area contributed by atoms with Gasteiger partial charge in [-0.15, -0.1) is 5.10 Å². The van der Waals surface area contributed by atoms with Crippen molar-refractivity contribution in [1.29, 1.82) is 0 Å². The van der Waals surface area contributed by atoms with Crippen LogP contribution < -0.4 is 0 Å². The number of hydrogen-bond donors (Lipinski definition) is 0. The Labute approximate surface area is 119 Å². The molecular weight excluding hydrogens is 308 g/mol. The lowest BCUT2D eigenvalue weighted by atomic mass is 9.84. The highest BCUT2D eigenvalue weighted by Gasteiger charge is 2.35. The zero-order chi connectivity index (χ0) is 12.8. The van der Waals surface area contributed by atoms with Crippen molar-refractivity contribution < 1.29 is 4.42 Å². The van der Waals surface area contributed by atoms with Crippen LogP contribution in [0.15, 0.2) is 27.4 Å². The van der Waals surface area contributed by atoms with E-state index in [1.807, 2.05) is 16.9 Å². The van der Waals surface area contributed by atoms with Gasteiger partial charge in [0, 0.05) is 12.6 Å². The van der Waals surface area contributed by atoms with E-state index >= 15 is 0 Å². The Morgan fingerprint density at radius 3 is 2.79 bits per heavy atom. The molecule has 0 spiro atoms. The van der Waals surface area contributed by atoms with Gasteiger partial charge >= 0.3 is 0 Å². The Bertz CT molecular complexity index is 585. The zero-order valence-electron chi connectivity index (χ0n) is 10.5. The summed E-state index contributed by atoms with van der Waals surface area (Å²) in [6, 6.07) is 2.40. The minimum atomic E-state index is 0.474. The van der Waals surface area contributed by atoms with Gasteiger partial charge in [0.15, 0.2) is 5.76 Å². The standard InChI is InChI=1S/C13H15BrN4O/c14-10-5-13(19-8-10)11-6-18(16-15-11)12-7-17-3-1-9(12)2-4-17/h5-6,8-9,12H,1-4,7H2/t12-/m0/s1. The van der Waals surface area contributed by atoms with Crippen molar-refractivity contribution in [2.45, 2.75) is 18.9 Å². The molecule has 2 bridgehead atoms. The fourth-order valence-corrected chi connectivity index (χ4v) is 3.53. The second kappa shape index (κ2) is 4.45. The Morgan fingerprint density at radius 1 is 1.32 bits per heavy atom. The van der Waals surface area contributed by atoms with Crippen LogP contribution in [0.5, 0.6) is 0 Å². The number of halogens is 1. The number of nitrogens with zero attached hydrogens (tertiary/aromatic N) is 4. The summed E-state index contributed by atoms with van der Waals surface area (Å²) in [5.74, 6) is 1.52. The van der Waals surface area contributed by atoms with Gasteiger partial charge in [-0.1, -0.05) is 5.21 Å². The van der Waals surface area contributed by atoms with E-state index in [0.717, 1.165) is 28.4 Å². The predicted molar refractivity (Wildman–Crippen MR) is 73.6 cm³/mol. The SMILES string of the molecule is Brc1coc(-c2cn([C@H]3CN4CCC3CC4)nn2)c1. The molecule has 3 fully saturated rings. The molecule has 2 aromatic rings. The van der Waals surface area contributed by atoms with Crippen LogP contribution in [0.2, 0.25) is 0 Å². The molecule has 100 valence electrons. The van der Waals surface area contributed by atoms with E-state index in [1.54, 1.807) is 6.26 Å². The Kier molecular flexibility index (Phi) is 2.73. The van der Waals surface area contributed by atoms with Crippen LogP contribution in [0, 0.1) is 5.92 Å². The van der Waals surface area contributed by atoms with Crippen molar-refractivity contribution in [3.8, 4) is 11.5 Å². The summed E-state index contributed by atoms with van der Waals surface area (Å²) in [7, 11) is 0. The van der Waals surface area contributed by atoms with Crippen molar-refractivity contribution in [3.05, 3.63) is 23.0 Å². The lowest BCUT2D eigenvalue weighted by Crippen LogP contribution is -2.48. The summed E-state index contributed by atoms with van der Waals surface area (Å²) in [4.78, 5) is 2.52. The monoisotopic (exact) mass is 322 g/mol. The quantitative estimate of drug-likeness (QED) is 0.852. The molecule has 0 aromatic carbocycles. The smallest absolute Gasteiger partial charge is 0.156 e. The highest BCUT2D eigenvalue weighted by molar-refractivity contribution is 9.10. The molecule has 3 saturated heterocycles. The summed E-state index contributed by atoms with van der Waals surface area (Å²) >= 11 is 3.38. The van der Waals surface area contributed by atoms with Gasteiger partial charge in [0.05, 0.1) is 16.7 Å². The van der Waals surface area contributed by atoms with E-state index in [0.29, 0.717) is 6.04 Å². The molecule has 6 heteroatoms. The van der Waals surface area contributed by atoms with Crippen LogP contribution in [0.1, 0.15) is 18.9 Å². The second-order valence-corrected chi connectivity index (χ2v) is 6.33. The van der Waals surface area contributed by atoms with Crippen molar-refractivity contribution in [1.82, 2.24) is 19.9 Å². The molecule has 5 heterocycles. The number of piperidine rings is 3. The molecule has 0 aliphatic carbocycles. The fraction of sp³-hybridized carbons (Fsp3) is 0.538. The molecule has 2 aromatic heterocycles. The molecule has 3 aliphatic heterocycles. The lowest BCUT2D eigenvalue weighted by Gasteiger charge is -2.44. The van der Waals surface area contributed by atoms with Crippen LogP contribution in [0.3, 0.4) is 0 Å². The Hall–Kier alpha value is -1.14. The fourth-order valence-electron chi connectivity index (χ4n) is 3.23. The molecule has 3 aliphatic rings. The van der Waals surface area contributed by atoms with Crippen LogP contribution in [0.4, 0.5) is 0 Å². The van der Waals surface area contributed by atoms with Crippen LogP contribution in [0.25, 0.3) is 11.5 Å². The van der Waals surface area contributed by atoms with Gasteiger partial charge in [0.1, 0.15) is 12.0 Å². The van der Waals surface area contributed by atoms with Crippen LogP contribution in [-0.2, 0) is 0 Å². The van der Waals surface area contributed by atoms with Crippen molar-refractivity contribution >= 4 is 15.9 Å². The predicted octanol–water partition coefficient (Wildman–Crippen LogP) is 2.57. The maximum absolute atomic E-state index is 5.44. The number of rotatable bonds is 2. The molecule has 0 unspecified atom stereocenters. The average Bonchev–Trinajstić information content (AvgIpc) is 3.08. The van der Waals surface area contributed by atoms with Crippen molar-refractivity contribution in [2.24, 2.45) is 5.92 Å². The minimum absolute atomic E-state index is 0.474. The maximum atomic E-state index is 5.44. The molecule has 5 nitrogen and oxygen atoms in total. The molecule has 0 N–H and O–H groups in total. The molecule has 0 amide bonds. The highest BCUT2D eigenvalue weighted by atomic mass is 79.9. The van der Waals surface area contributed by atoms with E-state index < -0.39 is 0 Å². The molecule has 0 saturated carbocycles. The number of hydrogen-bond acceptors (Lipinski definition) is 4. The first-order valence-corrected chi connectivity index (χ1v) is 7.47. The molecule has 0 radical (unpaired) electrons. The van der Waals surface area contributed by atoms with E-state index in [1.165, 1.54) is 25.9 Å². The number of furan rings is 1. The number of fused-ring (bicyclic) bond motifs is 3. The molecule has 19 heavy (non-hydrogen) atoms. The highest BCUT2D eigenvalue weighted by Crippen LogP contribution is 2.35. The summed E-state index contributed by atoms with van der Waals surface area (Å²) in [5.41, 5.74) is 0.808. The van der Waals surface area contributed by atoms with E-state index in [9.17, 15) is 0 Å². The summed E-state index contributed by atoms with van der Waals surface area (Å²) in [6.07, 6.45) is 6.25.